The summed E-state index contributed by atoms with van der Waals surface area (Å²) < 4.78 is 11.0. The number of primary amides is 1. The second-order valence-electron chi connectivity index (χ2n) is 5.94. The Kier molecular flexibility index (Phi) is 7.30. The minimum Gasteiger partial charge on any atom is -0.493 e. The molecule has 1 rings (SSSR count). The van der Waals surface area contributed by atoms with Crippen LogP contribution in [0.25, 0.3) is 6.08 Å². The van der Waals surface area contributed by atoms with Crippen LogP contribution in [-0.4, -0.2) is 42.5 Å². The van der Waals surface area contributed by atoms with Gasteiger partial charge in [-0.2, -0.15) is 0 Å². The molecule has 1 aromatic rings. The van der Waals surface area contributed by atoms with Gasteiger partial charge in [-0.3, -0.25) is 9.59 Å². The fourth-order valence-electron chi connectivity index (χ4n) is 2.09. The highest BCUT2D eigenvalue weighted by Crippen LogP contribution is 2.29. The Morgan fingerprint density at radius 1 is 1.21 bits per heavy atom. The van der Waals surface area contributed by atoms with E-state index in [2.05, 4.69) is 0 Å². The van der Waals surface area contributed by atoms with Crippen molar-refractivity contribution in [1.29, 1.82) is 0 Å². The van der Waals surface area contributed by atoms with E-state index in [4.69, 9.17) is 15.2 Å². The first kappa shape index (κ1) is 19.5. The van der Waals surface area contributed by atoms with Gasteiger partial charge in [-0.1, -0.05) is 6.07 Å². The summed E-state index contributed by atoms with van der Waals surface area (Å²) in [5, 5.41) is 0. The van der Waals surface area contributed by atoms with Crippen LogP contribution in [0.3, 0.4) is 0 Å². The number of carbonyl (C=O) groups excluding carboxylic acids is 2. The first-order valence-electron chi connectivity index (χ1n) is 7.86. The van der Waals surface area contributed by atoms with Gasteiger partial charge in [0.05, 0.1) is 19.8 Å². The monoisotopic (exact) mass is 334 g/mol. The molecule has 0 bridgehead atoms. The van der Waals surface area contributed by atoms with Crippen LogP contribution in [0.1, 0.15) is 33.3 Å². The number of methoxy groups -OCH3 is 1. The van der Waals surface area contributed by atoms with E-state index in [1.54, 1.807) is 25.3 Å². The Labute approximate surface area is 143 Å². The number of hydrogen-bond acceptors (Lipinski definition) is 4. The number of ether oxygens (including phenoxy) is 2. The molecule has 1 aromatic carbocycles. The minimum atomic E-state index is -0.540. The van der Waals surface area contributed by atoms with Crippen LogP contribution in [0.15, 0.2) is 24.3 Å². The third-order valence-corrected chi connectivity index (χ3v) is 3.20. The van der Waals surface area contributed by atoms with Gasteiger partial charge in [-0.05, 0) is 51.5 Å². The van der Waals surface area contributed by atoms with E-state index >= 15 is 0 Å². The molecular formula is C18H26N2O4. The van der Waals surface area contributed by atoms with Crippen LogP contribution in [-0.2, 0) is 9.59 Å². The van der Waals surface area contributed by atoms with E-state index in [1.807, 2.05) is 33.8 Å². The smallest absolute Gasteiger partial charge is 0.247 e. The lowest BCUT2D eigenvalue weighted by Crippen LogP contribution is -2.41. The Morgan fingerprint density at radius 3 is 2.38 bits per heavy atom. The second-order valence-corrected chi connectivity index (χ2v) is 5.94. The van der Waals surface area contributed by atoms with E-state index in [-0.39, 0.29) is 24.6 Å². The third kappa shape index (κ3) is 5.95. The van der Waals surface area contributed by atoms with Crippen LogP contribution in [0.2, 0.25) is 0 Å². The van der Waals surface area contributed by atoms with Gasteiger partial charge in [0.2, 0.25) is 11.8 Å². The standard InChI is InChI=1S/C18H26N2O4/c1-12(2)20(11-17(19)21)18(22)9-7-14-6-8-15(24-13(3)4)16(10-14)23-5/h6-10,12-13H,11H2,1-5H3,(H2,19,21)/b9-7+. The molecule has 2 N–H and O–H groups in total. The quantitative estimate of drug-likeness (QED) is 0.739. The molecule has 0 heterocycles. The van der Waals surface area contributed by atoms with E-state index in [0.717, 1.165) is 5.56 Å². The van der Waals surface area contributed by atoms with Crippen molar-refractivity contribution in [1.82, 2.24) is 4.90 Å². The van der Waals surface area contributed by atoms with Gasteiger partial charge in [0, 0.05) is 12.1 Å². The molecule has 132 valence electrons. The van der Waals surface area contributed by atoms with Crippen LogP contribution in [0, 0.1) is 0 Å². The predicted molar refractivity (Wildman–Crippen MR) is 93.8 cm³/mol. The van der Waals surface area contributed by atoms with Crippen molar-refractivity contribution < 1.29 is 19.1 Å². The number of nitrogens with zero attached hydrogens (tertiary/aromatic N) is 1. The number of amides is 2. The lowest BCUT2D eigenvalue weighted by molar-refractivity contribution is -0.132. The largest absolute Gasteiger partial charge is 0.493 e. The molecule has 0 radical (unpaired) electrons. The second kappa shape index (κ2) is 8.96. The summed E-state index contributed by atoms with van der Waals surface area (Å²) in [5.74, 6) is 0.428. The van der Waals surface area contributed by atoms with Crippen molar-refractivity contribution >= 4 is 17.9 Å². The van der Waals surface area contributed by atoms with E-state index in [9.17, 15) is 9.59 Å². The van der Waals surface area contributed by atoms with Crippen LogP contribution < -0.4 is 15.2 Å². The highest BCUT2D eigenvalue weighted by atomic mass is 16.5. The lowest BCUT2D eigenvalue weighted by Gasteiger charge is -2.23. The normalized spacial score (nSPS) is 11.1. The zero-order chi connectivity index (χ0) is 18.3. The van der Waals surface area contributed by atoms with E-state index in [0.29, 0.717) is 11.5 Å². The summed E-state index contributed by atoms with van der Waals surface area (Å²) in [6, 6.07) is 5.30. The predicted octanol–water partition coefficient (Wildman–Crippen LogP) is 2.22. The van der Waals surface area contributed by atoms with Crippen molar-refractivity contribution in [3.8, 4) is 11.5 Å². The Bertz CT molecular complexity index is 609. The maximum Gasteiger partial charge on any atom is 0.247 e. The molecular weight excluding hydrogens is 308 g/mol. The van der Waals surface area contributed by atoms with E-state index < -0.39 is 5.91 Å². The summed E-state index contributed by atoms with van der Waals surface area (Å²) in [7, 11) is 1.56. The Hall–Kier alpha value is -2.50. The fourth-order valence-corrected chi connectivity index (χ4v) is 2.09. The van der Waals surface area contributed by atoms with Crippen LogP contribution in [0.5, 0.6) is 11.5 Å². The molecule has 0 saturated heterocycles. The maximum atomic E-state index is 12.2. The zero-order valence-corrected chi connectivity index (χ0v) is 14.9. The van der Waals surface area contributed by atoms with Gasteiger partial charge < -0.3 is 20.1 Å². The van der Waals surface area contributed by atoms with Crippen LogP contribution >= 0.6 is 0 Å². The number of rotatable bonds is 8. The molecule has 0 fully saturated rings. The average molecular weight is 334 g/mol. The molecule has 0 unspecified atom stereocenters. The van der Waals surface area contributed by atoms with Crippen molar-refractivity contribution in [2.75, 3.05) is 13.7 Å². The number of carbonyl (C=O) groups is 2. The topological polar surface area (TPSA) is 81.9 Å². The summed E-state index contributed by atoms with van der Waals surface area (Å²) in [5.41, 5.74) is 5.97. The van der Waals surface area contributed by atoms with Crippen molar-refractivity contribution in [2.24, 2.45) is 5.73 Å². The molecule has 6 nitrogen and oxygen atoms in total. The van der Waals surface area contributed by atoms with Gasteiger partial charge in [0.15, 0.2) is 11.5 Å². The SMILES string of the molecule is COc1cc(/C=C/C(=O)N(CC(N)=O)C(C)C)ccc1OC(C)C. The highest BCUT2D eigenvalue weighted by molar-refractivity contribution is 5.94. The van der Waals surface area contributed by atoms with Gasteiger partial charge in [0.25, 0.3) is 0 Å². The molecule has 0 atom stereocenters. The van der Waals surface area contributed by atoms with E-state index in [1.165, 1.54) is 11.0 Å². The molecule has 0 saturated carbocycles. The molecule has 24 heavy (non-hydrogen) atoms. The first-order chi connectivity index (χ1) is 11.2. The molecule has 0 aliphatic carbocycles. The first-order valence-corrected chi connectivity index (χ1v) is 7.86. The lowest BCUT2D eigenvalue weighted by atomic mass is 10.1. The molecule has 0 aliphatic heterocycles. The molecule has 0 aromatic heterocycles. The third-order valence-electron chi connectivity index (χ3n) is 3.20. The summed E-state index contributed by atoms with van der Waals surface area (Å²) in [6.07, 6.45) is 3.12. The van der Waals surface area contributed by atoms with Crippen LogP contribution in [0.4, 0.5) is 0 Å². The fraction of sp³-hybridized carbons (Fsp3) is 0.444. The van der Waals surface area contributed by atoms with Gasteiger partial charge in [-0.25, -0.2) is 0 Å². The summed E-state index contributed by atoms with van der Waals surface area (Å²) >= 11 is 0. The maximum absolute atomic E-state index is 12.2. The molecule has 0 spiro atoms. The van der Waals surface area contributed by atoms with Crippen molar-refractivity contribution in [3.05, 3.63) is 29.8 Å². The van der Waals surface area contributed by atoms with Gasteiger partial charge in [0.1, 0.15) is 0 Å². The number of hydrogen-bond donors (Lipinski definition) is 1. The minimum absolute atomic E-state index is 0.0373. The Morgan fingerprint density at radius 2 is 1.88 bits per heavy atom. The number of nitrogens with two attached hydrogens (primary N) is 1. The summed E-state index contributed by atoms with van der Waals surface area (Å²) in [4.78, 5) is 24.7. The van der Waals surface area contributed by atoms with Crippen molar-refractivity contribution in [3.63, 3.8) is 0 Å². The average Bonchev–Trinajstić information content (AvgIpc) is 2.50. The van der Waals surface area contributed by atoms with Crippen molar-refractivity contribution in [2.45, 2.75) is 39.8 Å². The zero-order valence-electron chi connectivity index (χ0n) is 14.9. The molecule has 6 heteroatoms. The van der Waals surface area contributed by atoms with Gasteiger partial charge >= 0.3 is 0 Å². The Balaban J connectivity index is 2.92. The van der Waals surface area contributed by atoms with Gasteiger partial charge in [-0.15, -0.1) is 0 Å². The number of benzene rings is 1. The molecule has 0 aliphatic rings. The summed E-state index contributed by atoms with van der Waals surface area (Å²) in [6.45, 7) is 7.42. The molecule has 2 amide bonds. The highest BCUT2D eigenvalue weighted by Gasteiger charge is 2.16.